The minimum Gasteiger partial charge on any atom is -0.339 e. The molecule has 0 aliphatic carbocycles. The van der Waals surface area contributed by atoms with E-state index in [1.54, 1.807) is 25.1 Å². The molecule has 0 bridgehead atoms. The predicted molar refractivity (Wildman–Crippen MR) is 121 cm³/mol. The zero-order valence-corrected chi connectivity index (χ0v) is 18.1. The monoisotopic (exact) mass is 464 g/mol. The number of nitro groups is 1. The summed E-state index contributed by atoms with van der Waals surface area (Å²) >= 11 is 1.39. The molecular formula is C23H17FN4O4S. The molecule has 0 aliphatic heterocycles. The second kappa shape index (κ2) is 9.13. The van der Waals surface area contributed by atoms with Crippen LogP contribution in [-0.2, 0) is 0 Å². The van der Waals surface area contributed by atoms with Crippen molar-refractivity contribution in [3.05, 3.63) is 120 Å². The SMILES string of the molecule is Cc1cc(=O)c(C(=O)NC(c2ccc(F)cc2)c2cccs2)nn1-c1ccccc1[N+](=O)[O-]. The van der Waals surface area contributed by atoms with E-state index in [0.717, 1.165) is 4.88 Å². The van der Waals surface area contributed by atoms with Crippen LogP contribution < -0.4 is 10.7 Å². The number of halogens is 1. The minimum atomic E-state index is -0.755. The first kappa shape index (κ1) is 22.0. The Morgan fingerprint density at radius 3 is 2.55 bits per heavy atom. The lowest BCUT2D eigenvalue weighted by Crippen LogP contribution is -2.34. The number of rotatable bonds is 6. The molecule has 0 saturated carbocycles. The topological polar surface area (TPSA) is 107 Å². The number of nitrogens with zero attached hydrogens (tertiary/aromatic N) is 3. The number of nitro benzene ring substituents is 1. The summed E-state index contributed by atoms with van der Waals surface area (Å²) in [6.07, 6.45) is 0. The second-order valence-electron chi connectivity index (χ2n) is 7.13. The summed E-state index contributed by atoms with van der Waals surface area (Å²) in [5, 5.41) is 20.2. The van der Waals surface area contributed by atoms with Crippen LogP contribution in [0.25, 0.3) is 5.69 Å². The van der Waals surface area contributed by atoms with Crippen molar-refractivity contribution >= 4 is 22.9 Å². The molecule has 0 aliphatic rings. The molecule has 2 aromatic carbocycles. The molecular weight excluding hydrogens is 447 g/mol. The highest BCUT2D eigenvalue weighted by Crippen LogP contribution is 2.27. The quantitative estimate of drug-likeness (QED) is 0.340. The van der Waals surface area contributed by atoms with E-state index >= 15 is 0 Å². The number of amides is 1. The van der Waals surface area contributed by atoms with E-state index in [0.29, 0.717) is 11.3 Å². The Morgan fingerprint density at radius 2 is 1.88 bits per heavy atom. The van der Waals surface area contributed by atoms with Gasteiger partial charge in [0.25, 0.3) is 11.6 Å². The maximum atomic E-state index is 13.4. The third kappa shape index (κ3) is 4.55. The largest absolute Gasteiger partial charge is 0.339 e. The molecule has 4 aromatic rings. The molecule has 0 spiro atoms. The van der Waals surface area contributed by atoms with Gasteiger partial charge in [-0.1, -0.05) is 30.3 Å². The summed E-state index contributed by atoms with van der Waals surface area (Å²) in [5.41, 5.74) is -0.169. The van der Waals surface area contributed by atoms with Gasteiger partial charge in [-0.05, 0) is 42.1 Å². The van der Waals surface area contributed by atoms with Gasteiger partial charge in [0.15, 0.2) is 5.69 Å². The molecule has 2 aromatic heterocycles. The number of carbonyl (C=O) groups excluding carboxylic acids is 1. The van der Waals surface area contributed by atoms with Crippen molar-refractivity contribution in [3.8, 4) is 5.69 Å². The molecule has 8 nitrogen and oxygen atoms in total. The number of nitrogens with one attached hydrogen (secondary N) is 1. The molecule has 1 N–H and O–H groups in total. The average Bonchev–Trinajstić information content (AvgIpc) is 3.33. The first-order valence-corrected chi connectivity index (χ1v) is 10.7. The summed E-state index contributed by atoms with van der Waals surface area (Å²) in [6, 6.07) is 15.8. The summed E-state index contributed by atoms with van der Waals surface area (Å²) in [7, 11) is 0. The Balaban J connectivity index is 1.75. The van der Waals surface area contributed by atoms with E-state index < -0.39 is 33.8 Å². The first-order chi connectivity index (χ1) is 15.8. The zero-order chi connectivity index (χ0) is 23.5. The third-order valence-electron chi connectivity index (χ3n) is 4.94. The lowest BCUT2D eigenvalue weighted by Gasteiger charge is -2.18. The Bertz CT molecular complexity index is 1380. The van der Waals surface area contributed by atoms with Crippen LogP contribution in [0.3, 0.4) is 0 Å². The first-order valence-electron chi connectivity index (χ1n) is 9.79. The van der Waals surface area contributed by atoms with E-state index in [1.165, 1.54) is 52.4 Å². The third-order valence-corrected chi connectivity index (χ3v) is 5.87. The van der Waals surface area contributed by atoms with Crippen LogP contribution in [-0.4, -0.2) is 20.6 Å². The lowest BCUT2D eigenvalue weighted by atomic mass is 10.0. The fraction of sp³-hybridized carbons (Fsp3) is 0.0870. The molecule has 0 fully saturated rings. The predicted octanol–water partition coefficient (Wildman–Crippen LogP) is 4.17. The Hall–Kier alpha value is -4.18. The molecule has 0 radical (unpaired) electrons. The number of aromatic nitrogens is 2. The Morgan fingerprint density at radius 1 is 1.15 bits per heavy atom. The van der Waals surface area contributed by atoms with Crippen molar-refractivity contribution in [2.45, 2.75) is 13.0 Å². The fourth-order valence-electron chi connectivity index (χ4n) is 3.38. The molecule has 1 unspecified atom stereocenters. The van der Waals surface area contributed by atoms with Crippen molar-refractivity contribution in [1.82, 2.24) is 15.1 Å². The zero-order valence-electron chi connectivity index (χ0n) is 17.3. The van der Waals surface area contributed by atoms with Crippen molar-refractivity contribution in [2.75, 3.05) is 0 Å². The molecule has 1 atom stereocenters. The summed E-state index contributed by atoms with van der Waals surface area (Å²) in [6.45, 7) is 1.57. The maximum Gasteiger partial charge on any atom is 0.294 e. The highest BCUT2D eigenvalue weighted by molar-refractivity contribution is 7.10. The van der Waals surface area contributed by atoms with E-state index in [2.05, 4.69) is 10.4 Å². The van der Waals surface area contributed by atoms with Crippen molar-refractivity contribution in [3.63, 3.8) is 0 Å². The standard InChI is InChI=1S/C23H17FN4O4S/c1-14-13-19(29)22(26-27(14)17-5-2-3-6-18(17)28(31)32)23(30)25-21(20-7-4-12-33-20)15-8-10-16(24)11-9-15/h2-13,21H,1H3,(H,25,30). The summed E-state index contributed by atoms with van der Waals surface area (Å²) < 4.78 is 14.6. The normalized spacial score (nSPS) is 11.7. The number of hydrogen-bond donors (Lipinski definition) is 1. The summed E-state index contributed by atoms with van der Waals surface area (Å²) in [4.78, 5) is 37.4. The number of benzene rings is 2. The number of aryl methyl sites for hydroxylation is 1. The van der Waals surface area contributed by atoms with Crippen molar-refractivity contribution in [1.29, 1.82) is 0 Å². The molecule has 0 saturated heterocycles. The number of carbonyl (C=O) groups is 1. The van der Waals surface area contributed by atoms with Gasteiger partial charge >= 0.3 is 0 Å². The van der Waals surface area contributed by atoms with Crippen LogP contribution in [0.1, 0.15) is 32.7 Å². The average molecular weight is 464 g/mol. The number of thiophene rings is 1. The molecule has 10 heteroatoms. The van der Waals surface area contributed by atoms with Crippen molar-refractivity contribution in [2.24, 2.45) is 0 Å². The van der Waals surface area contributed by atoms with Gasteiger partial charge in [-0.3, -0.25) is 19.7 Å². The molecule has 33 heavy (non-hydrogen) atoms. The van der Waals surface area contributed by atoms with Crippen LogP contribution in [0.4, 0.5) is 10.1 Å². The Labute approximate surface area is 191 Å². The highest BCUT2D eigenvalue weighted by Gasteiger charge is 2.24. The van der Waals surface area contributed by atoms with Crippen LogP contribution in [0, 0.1) is 22.9 Å². The van der Waals surface area contributed by atoms with Crippen LogP contribution in [0.15, 0.2) is 76.9 Å². The van der Waals surface area contributed by atoms with Gasteiger partial charge < -0.3 is 5.32 Å². The van der Waals surface area contributed by atoms with Crippen LogP contribution >= 0.6 is 11.3 Å². The van der Waals surface area contributed by atoms with Gasteiger partial charge in [-0.15, -0.1) is 11.3 Å². The van der Waals surface area contributed by atoms with Gasteiger partial charge in [-0.25, -0.2) is 9.07 Å². The number of para-hydroxylation sites is 2. The molecule has 166 valence electrons. The van der Waals surface area contributed by atoms with E-state index in [1.807, 2.05) is 17.5 Å². The fourth-order valence-corrected chi connectivity index (χ4v) is 4.18. The molecule has 2 heterocycles. The van der Waals surface area contributed by atoms with E-state index in [9.17, 15) is 24.1 Å². The van der Waals surface area contributed by atoms with E-state index in [4.69, 9.17) is 0 Å². The van der Waals surface area contributed by atoms with Gasteiger partial charge in [0.1, 0.15) is 11.5 Å². The van der Waals surface area contributed by atoms with Crippen molar-refractivity contribution < 1.29 is 14.1 Å². The lowest BCUT2D eigenvalue weighted by molar-refractivity contribution is -0.384. The minimum absolute atomic E-state index is 0.127. The maximum absolute atomic E-state index is 13.4. The second-order valence-corrected chi connectivity index (χ2v) is 8.11. The van der Waals surface area contributed by atoms with Gasteiger partial charge in [0.2, 0.25) is 5.43 Å². The van der Waals surface area contributed by atoms with E-state index in [-0.39, 0.29) is 11.4 Å². The summed E-state index contributed by atoms with van der Waals surface area (Å²) in [5.74, 6) is -1.17. The van der Waals surface area contributed by atoms with Gasteiger partial charge in [0, 0.05) is 22.7 Å². The van der Waals surface area contributed by atoms with Crippen LogP contribution in [0.5, 0.6) is 0 Å². The van der Waals surface area contributed by atoms with Gasteiger partial charge in [0.05, 0.1) is 11.0 Å². The van der Waals surface area contributed by atoms with Gasteiger partial charge in [-0.2, -0.15) is 5.10 Å². The smallest absolute Gasteiger partial charge is 0.294 e. The highest BCUT2D eigenvalue weighted by atomic mass is 32.1. The molecule has 1 amide bonds. The van der Waals surface area contributed by atoms with Crippen LogP contribution in [0.2, 0.25) is 0 Å². The Kier molecular flexibility index (Phi) is 6.09. The molecule has 4 rings (SSSR count). The number of hydrogen-bond acceptors (Lipinski definition) is 6.